The number of hydrogen-bond acceptors (Lipinski definition) is 2. The summed E-state index contributed by atoms with van der Waals surface area (Å²) in [6, 6.07) is 6.19. The summed E-state index contributed by atoms with van der Waals surface area (Å²) in [6.07, 6.45) is 1.75. The zero-order valence-electron chi connectivity index (χ0n) is 10.8. The molecule has 1 N–H and O–H groups in total. The van der Waals surface area contributed by atoms with Crippen molar-refractivity contribution in [2.75, 3.05) is 0 Å². The quantitative estimate of drug-likeness (QED) is 0.902. The number of carboxylic acids is 1. The molecule has 4 heteroatoms. The van der Waals surface area contributed by atoms with Gasteiger partial charge in [-0.15, -0.1) is 0 Å². The fourth-order valence-corrected chi connectivity index (χ4v) is 2.00. The highest BCUT2D eigenvalue weighted by atomic mass is 16.4. The third kappa shape index (κ3) is 2.42. The Hall–Kier alpha value is -2.10. The van der Waals surface area contributed by atoms with E-state index < -0.39 is 5.97 Å². The molecule has 18 heavy (non-hydrogen) atoms. The molecule has 0 fully saturated rings. The lowest BCUT2D eigenvalue weighted by molar-refractivity contribution is -0.136. The maximum Gasteiger partial charge on any atom is 0.309 e. The normalized spacial score (nSPS) is 10.6. The van der Waals surface area contributed by atoms with Gasteiger partial charge in [0.1, 0.15) is 5.82 Å². The van der Waals surface area contributed by atoms with Gasteiger partial charge in [0.15, 0.2) is 0 Å². The lowest BCUT2D eigenvalue weighted by atomic mass is 10.1. The molecule has 0 amide bonds. The van der Waals surface area contributed by atoms with Gasteiger partial charge >= 0.3 is 5.97 Å². The summed E-state index contributed by atoms with van der Waals surface area (Å²) in [6.45, 7) is 5.95. The van der Waals surface area contributed by atoms with Gasteiger partial charge in [0.2, 0.25) is 0 Å². The van der Waals surface area contributed by atoms with Gasteiger partial charge < -0.3 is 9.67 Å². The summed E-state index contributed by atoms with van der Waals surface area (Å²) in [5.41, 5.74) is 3.95. The first kappa shape index (κ1) is 12.4. The van der Waals surface area contributed by atoms with Crippen LogP contribution in [0.3, 0.4) is 0 Å². The van der Waals surface area contributed by atoms with Crippen LogP contribution in [0.2, 0.25) is 0 Å². The minimum absolute atomic E-state index is 0.0430. The second-order valence-electron chi connectivity index (χ2n) is 4.51. The second kappa shape index (κ2) is 4.64. The molecule has 0 unspecified atom stereocenters. The number of carbonyl (C=O) groups is 1. The molecule has 0 saturated heterocycles. The molecule has 2 aromatic rings. The molecular formula is C14H16N2O2. The molecule has 0 spiro atoms. The van der Waals surface area contributed by atoms with E-state index in [1.54, 1.807) is 6.20 Å². The highest BCUT2D eigenvalue weighted by molar-refractivity contribution is 5.69. The first-order valence-corrected chi connectivity index (χ1v) is 5.81. The van der Waals surface area contributed by atoms with E-state index >= 15 is 0 Å². The molecule has 0 aliphatic rings. The Morgan fingerprint density at radius 2 is 2.06 bits per heavy atom. The van der Waals surface area contributed by atoms with Gasteiger partial charge in [-0.25, -0.2) is 4.98 Å². The van der Waals surface area contributed by atoms with Gasteiger partial charge in [-0.05, 0) is 38.0 Å². The van der Waals surface area contributed by atoms with Crippen molar-refractivity contribution in [1.29, 1.82) is 0 Å². The Balaban J connectivity index is 2.47. The Bertz CT molecular complexity index is 600. The topological polar surface area (TPSA) is 55.1 Å². The molecule has 0 radical (unpaired) electrons. The molecule has 1 heterocycles. The number of benzene rings is 1. The molecule has 0 atom stereocenters. The SMILES string of the molecule is Cc1ccc(C)c(-n2cc(CC(=O)O)nc2C)c1. The molecule has 4 nitrogen and oxygen atoms in total. The average Bonchev–Trinajstić information content (AvgIpc) is 2.62. The van der Waals surface area contributed by atoms with Crippen molar-refractivity contribution < 1.29 is 9.90 Å². The predicted octanol–water partition coefficient (Wildman–Crippen LogP) is 2.42. The van der Waals surface area contributed by atoms with Gasteiger partial charge in [0.05, 0.1) is 12.1 Å². The fraction of sp³-hybridized carbons (Fsp3) is 0.286. The Morgan fingerprint density at radius 1 is 1.33 bits per heavy atom. The van der Waals surface area contributed by atoms with Crippen LogP contribution in [0.15, 0.2) is 24.4 Å². The van der Waals surface area contributed by atoms with E-state index in [-0.39, 0.29) is 6.42 Å². The van der Waals surface area contributed by atoms with Crippen LogP contribution < -0.4 is 0 Å². The molecule has 0 saturated carbocycles. The van der Waals surface area contributed by atoms with E-state index in [0.717, 1.165) is 17.1 Å². The van der Waals surface area contributed by atoms with Gasteiger partial charge in [0.25, 0.3) is 0 Å². The number of hydrogen-bond donors (Lipinski definition) is 1. The molecule has 1 aromatic heterocycles. The lowest BCUT2D eigenvalue weighted by Crippen LogP contribution is -2.00. The van der Waals surface area contributed by atoms with E-state index in [9.17, 15) is 4.79 Å². The van der Waals surface area contributed by atoms with E-state index in [4.69, 9.17) is 5.11 Å². The largest absolute Gasteiger partial charge is 0.481 e. The van der Waals surface area contributed by atoms with Crippen molar-refractivity contribution in [1.82, 2.24) is 9.55 Å². The third-order valence-electron chi connectivity index (χ3n) is 2.89. The highest BCUT2D eigenvalue weighted by Crippen LogP contribution is 2.18. The third-order valence-corrected chi connectivity index (χ3v) is 2.89. The standard InChI is InChI=1S/C14H16N2O2/c1-9-4-5-10(2)13(6-9)16-8-12(7-14(17)18)15-11(16)3/h4-6,8H,7H2,1-3H3,(H,17,18). The monoisotopic (exact) mass is 244 g/mol. The average molecular weight is 244 g/mol. The van der Waals surface area contributed by atoms with Crippen LogP contribution in [0.4, 0.5) is 0 Å². The Morgan fingerprint density at radius 3 is 2.72 bits per heavy atom. The molecule has 1 aromatic carbocycles. The van der Waals surface area contributed by atoms with E-state index in [2.05, 4.69) is 23.2 Å². The second-order valence-corrected chi connectivity index (χ2v) is 4.51. The van der Waals surface area contributed by atoms with E-state index in [1.807, 2.05) is 25.3 Å². The van der Waals surface area contributed by atoms with Gasteiger partial charge in [-0.3, -0.25) is 4.79 Å². The van der Waals surface area contributed by atoms with Crippen molar-refractivity contribution >= 4 is 5.97 Å². The van der Waals surface area contributed by atoms with Crippen molar-refractivity contribution in [3.05, 3.63) is 47.0 Å². The summed E-state index contributed by atoms with van der Waals surface area (Å²) in [4.78, 5) is 15.0. The first-order valence-electron chi connectivity index (χ1n) is 5.81. The van der Waals surface area contributed by atoms with Crippen molar-refractivity contribution in [2.45, 2.75) is 27.2 Å². The maximum absolute atomic E-state index is 10.7. The molecule has 0 aliphatic heterocycles. The van der Waals surface area contributed by atoms with Crippen LogP contribution in [0.25, 0.3) is 5.69 Å². The van der Waals surface area contributed by atoms with Crippen molar-refractivity contribution in [3.8, 4) is 5.69 Å². The Labute approximate surface area is 106 Å². The van der Waals surface area contributed by atoms with Crippen LogP contribution in [0.5, 0.6) is 0 Å². The smallest absolute Gasteiger partial charge is 0.309 e. The predicted molar refractivity (Wildman–Crippen MR) is 69.1 cm³/mol. The minimum atomic E-state index is -0.861. The van der Waals surface area contributed by atoms with Crippen molar-refractivity contribution in [2.24, 2.45) is 0 Å². The number of aliphatic carboxylic acids is 1. The van der Waals surface area contributed by atoms with Crippen molar-refractivity contribution in [3.63, 3.8) is 0 Å². The number of nitrogens with zero attached hydrogens (tertiary/aromatic N) is 2. The molecular weight excluding hydrogens is 228 g/mol. The van der Waals surface area contributed by atoms with E-state index in [0.29, 0.717) is 5.69 Å². The minimum Gasteiger partial charge on any atom is -0.481 e. The summed E-state index contributed by atoms with van der Waals surface area (Å²) < 4.78 is 1.95. The molecule has 2 rings (SSSR count). The number of imidazole rings is 1. The number of rotatable bonds is 3. The van der Waals surface area contributed by atoms with Gasteiger partial charge in [-0.2, -0.15) is 0 Å². The summed E-state index contributed by atoms with van der Waals surface area (Å²) in [7, 11) is 0. The summed E-state index contributed by atoms with van der Waals surface area (Å²) in [5, 5.41) is 8.79. The lowest BCUT2D eigenvalue weighted by Gasteiger charge is -2.09. The number of aryl methyl sites for hydroxylation is 3. The van der Waals surface area contributed by atoms with Gasteiger partial charge in [-0.1, -0.05) is 12.1 Å². The molecule has 0 bridgehead atoms. The van der Waals surface area contributed by atoms with Crippen LogP contribution in [-0.2, 0) is 11.2 Å². The van der Waals surface area contributed by atoms with E-state index in [1.165, 1.54) is 5.56 Å². The first-order chi connectivity index (χ1) is 8.47. The van der Waals surface area contributed by atoms with Crippen LogP contribution in [-0.4, -0.2) is 20.6 Å². The van der Waals surface area contributed by atoms with Crippen LogP contribution >= 0.6 is 0 Å². The fourth-order valence-electron chi connectivity index (χ4n) is 2.00. The zero-order valence-corrected chi connectivity index (χ0v) is 10.8. The highest BCUT2D eigenvalue weighted by Gasteiger charge is 2.10. The van der Waals surface area contributed by atoms with Crippen LogP contribution in [0, 0.1) is 20.8 Å². The van der Waals surface area contributed by atoms with Crippen LogP contribution in [0.1, 0.15) is 22.6 Å². The number of aromatic nitrogens is 2. The summed E-state index contributed by atoms with van der Waals surface area (Å²) >= 11 is 0. The van der Waals surface area contributed by atoms with Gasteiger partial charge in [0, 0.05) is 11.9 Å². The number of carboxylic acid groups (broad SMARTS) is 1. The summed E-state index contributed by atoms with van der Waals surface area (Å²) in [5.74, 6) is -0.0550. The Kier molecular flexibility index (Phi) is 3.19. The molecule has 0 aliphatic carbocycles. The maximum atomic E-state index is 10.7. The zero-order chi connectivity index (χ0) is 13.3. The molecule has 94 valence electrons.